The van der Waals surface area contributed by atoms with Gasteiger partial charge in [0.05, 0.1) is 0 Å². The molecule has 0 aliphatic heterocycles. The van der Waals surface area contributed by atoms with Crippen molar-refractivity contribution in [3.05, 3.63) is 34.9 Å². The van der Waals surface area contributed by atoms with Crippen LogP contribution in [0.5, 0.6) is 0 Å². The molecule has 2 nitrogen and oxygen atoms in total. The predicted molar refractivity (Wildman–Crippen MR) is 86.0 cm³/mol. The van der Waals surface area contributed by atoms with Gasteiger partial charge in [-0.25, -0.2) is 8.78 Å². The van der Waals surface area contributed by atoms with Crippen LogP contribution in [0.25, 0.3) is 0 Å². The molecular formula is C18H27F2NO. The second-order valence-corrected chi connectivity index (χ2v) is 5.78. The van der Waals surface area contributed by atoms with Gasteiger partial charge in [0, 0.05) is 6.54 Å². The minimum atomic E-state index is -0.809. The second-order valence-electron chi connectivity index (χ2n) is 5.78. The van der Waals surface area contributed by atoms with Crippen molar-refractivity contribution < 1.29 is 13.6 Å². The molecule has 0 bridgehead atoms. The third-order valence-corrected chi connectivity index (χ3v) is 3.83. The number of carbonyl (C=O) groups is 1. The first-order chi connectivity index (χ1) is 10.6. The monoisotopic (exact) mass is 311 g/mol. The van der Waals surface area contributed by atoms with Crippen LogP contribution in [-0.4, -0.2) is 12.5 Å². The topological polar surface area (TPSA) is 29.1 Å². The fourth-order valence-electron chi connectivity index (χ4n) is 2.41. The van der Waals surface area contributed by atoms with Crippen LogP contribution in [0.1, 0.15) is 74.2 Å². The number of unbranched alkanes of at least 4 members (excludes halogenated alkanes) is 7. The summed E-state index contributed by atoms with van der Waals surface area (Å²) in [5, 5.41) is 2.60. The van der Waals surface area contributed by atoms with Gasteiger partial charge in [0.1, 0.15) is 17.2 Å². The summed E-state index contributed by atoms with van der Waals surface area (Å²) in [5.74, 6) is -2.24. The Balaban J connectivity index is 2.23. The third kappa shape index (κ3) is 6.12. The summed E-state index contributed by atoms with van der Waals surface area (Å²) in [5.41, 5.74) is -0.196. The number of carbonyl (C=O) groups excluding carboxylic acids is 1. The maximum Gasteiger partial charge on any atom is 0.257 e. The summed E-state index contributed by atoms with van der Waals surface area (Å²) in [6.07, 6.45) is 9.34. The van der Waals surface area contributed by atoms with E-state index in [-0.39, 0.29) is 5.56 Å². The molecule has 22 heavy (non-hydrogen) atoms. The molecule has 0 saturated carbocycles. The van der Waals surface area contributed by atoms with Crippen LogP contribution in [-0.2, 0) is 0 Å². The van der Waals surface area contributed by atoms with E-state index in [1.807, 2.05) is 0 Å². The summed E-state index contributed by atoms with van der Waals surface area (Å²) >= 11 is 0. The van der Waals surface area contributed by atoms with E-state index in [1.54, 1.807) is 0 Å². The molecule has 0 radical (unpaired) electrons. The average molecular weight is 311 g/mol. The SMILES string of the molecule is CCCCCCCCCCNC(=O)c1c(F)ccc(C)c1F. The Labute approximate surface area is 132 Å². The van der Waals surface area contributed by atoms with Crippen LogP contribution < -0.4 is 5.32 Å². The number of amides is 1. The average Bonchev–Trinajstić information content (AvgIpc) is 2.50. The summed E-state index contributed by atoms with van der Waals surface area (Å²) in [7, 11) is 0. The van der Waals surface area contributed by atoms with Gasteiger partial charge in [-0.15, -0.1) is 0 Å². The zero-order valence-corrected chi connectivity index (χ0v) is 13.7. The van der Waals surface area contributed by atoms with Crippen molar-refractivity contribution in [3.63, 3.8) is 0 Å². The molecule has 0 spiro atoms. The first kappa shape index (κ1) is 18.6. The number of aryl methyl sites for hydroxylation is 1. The van der Waals surface area contributed by atoms with Gasteiger partial charge >= 0.3 is 0 Å². The normalized spacial score (nSPS) is 10.7. The molecule has 0 aliphatic carbocycles. The maximum atomic E-state index is 13.8. The van der Waals surface area contributed by atoms with Gasteiger partial charge in [-0.1, -0.05) is 57.9 Å². The smallest absolute Gasteiger partial charge is 0.257 e. The molecule has 0 atom stereocenters. The van der Waals surface area contributed by atoms with Crippen LogP contribution in [0.4, 0.5) is 8.78 Å². The lowest BCUT2D eigenvalue weighted by molar-refractivity contribution is 0.0944. The molecular weight excluding hydrogens is 284 g/mol. The maximum absolute atomic E-state index is 13.8. The molecule has 1 aromatic rings. The largest absolute Gasteiger partial charge is 0.352 e. The quantitative estimate of drug-likeness (QED) is 0.595. The Hall–Kier alpha value is -1.45. The van der Waals surface area contributed by atoms with Crippen LogP contribution in [0, 0.1) is 18.6 Å². The summed E-state index contributed by atoms with van der Waals surface area (Å²) in [6, 6.07) is 2.46. The van der Waals surface area contributed by atoms with E-state index in [9.17, 15) is 13.6 Å². The van der Waals surface area contributed by atoms with E-state index in [4.69, 9.17) is 0 Å². The van der Waals surface area contributed by atoms with Gasteiger partial charge in [0.25, 0.3) is 5.91 Å². The fraction of sp³-hybridized carbons (Fsp3) is 0.611. The zero-order chi connectivity index (χ0) is 16.4. The Morgan fingerprint density at radius 2 is 1.59 bits per heavy atom. The van der Waals surface area contributed by atoms with E-state index < -0.39 is 23.1 Å². The van der Waals surface area contributed by atoms with E-state index >= 15 is 0 Å². The van der Waals surface area contributed by atoms with Gasteiger partial charge in [-0.3, -0.25) is 4.79 Å². The highest BCUT2D eigenvalue weighted by atomic mass is 19.1. The summed E-state index contributed by atoms with van der Waals surface area (Å²) in [4.78, 5) is 11.9. The van der Waals surface area contributed by atoms with E-state index in [1.165, 1.54) is 45.1 Å². The molecule has 0 saturated heterocycles. The number of nitrogens with one attached hydrogen (secondary N) is 1. The molecule has 124 valence electrons. The molecule has 1 aromatic carbocycles. The Morgan fingerprint density at radius 3 is 2.23 bits per heavy atom. The highest BCUT2D eigenvalue weighted by Crippen LogP contribution is 2.16. The molecule has 1 amide bonds. The van der Waals surface area contributed by atoms with Crippen molar-refractivity contribution in [1.29, 1.82) is 0 Å². The molecule has 1 N–H and O–H groups in total. The standard InChI is InChI=1S/C18H27F2NO/c1-3-4-5-6-7-8-9-10-13-21-18(22)16-15(19)12-11-14(2)17(16)20/h11-12H,3-10,13H2,1-2H3,(H,21,22). The Morgan fingerprint density at radius 1 is 1.00 bits per heavy atom. The van der Waals surface area contributed by atoms with Crippen LogP contribution in [0.15, 0.2) is 12.1 Å². The van der Waals surface area contributed by atoms with Crippen molar-refractivity contribution >= 4 is 5.91 Å². The fourth-order valence-corrected chi connectivity index (χ4v) is 2.41. The van der Waals surface area contributed by atoms with Gasteiger partial charge < -0.3 is 5.32 Å². The third-order valence-electron chi connectivity index (χ3n) is 3.83. The second kappa shape index (κ2) is 10.3. The highest BCUT2D eigenvalue weighted by molar-refractivity contribution is 5.94. The van der Waals surface area contributed by atoms with E-state index in [0.29, 0.717) is 6.54 Å². The molecule has 0 aromatic heterocycles. The number of rotatable bonds is 10. The lowest BCUT2D eigenvalue weighted by atomic mass is 10.1. The Kier molecular flexibility index (Phi) is 8.71. The summed E-state index contributed by atoms with van der Waals surface area (Å²) in [6.45, 7) is 4.17. The minimum absolute atomic E-state index is 0.277. The van der Waals surface area contributed by atoms with Crippen molar-refractivity contribution in [3.8, 4) is 0 Å². The van der Waals surface area contributed by atoms with Crippen molar-refractivity contribution in [2.24, 2.45) is 0 Å². The van der Waals surface area contributed by atoms with Crippen molar-refractivity contribution in [2.45, 2.75) is 65.2 Å². The number of hydrogen-bond donors (Lipinski definition) is 1. The van der Waals surface area contributed by atoms with Crippen molar-refractivity contribution in [1.82, 2.24) is 5.32 Å². The zero-order valence-electron chi connectivity index (χ0n) is 13.7. The lowest BCUT2D eigenvalue weighted by Crippen LogP contribution is -2.26. The molecule has 0 heterocycles. The van der Waals surface area contributed by atoms with Gasteiger partial charge in [0.15, 0.2) is 0 Å². The van der Waals surface area contributed by atoms with Gasteiger partial charge in [-0.05, 0) is 25.0 Å². The van der Waals surface area contributed by atoms with Crippen molar-refractivity contribution in [2.75, 3.05) is 6.54 Å². The Bertz CT molecular complexity index is 474. The molecule has 0 fully saturated rings. The van der Waals surface area contributed by atoms with Crippen LogP contribution in [0.3, 0.4) is 0 Å². The van der Waals surface area contributed by atoms with E-state index in [0.717, 1.165) is 25.3 Å². The summed E-state index contributed by atoms with van der Waals surface area (Å²) < 4.78 is 27.3. The molecule has 0 unspecified atom stereocenters. The molecule has 0 aliphatic rings. The molecule has 4 heteroatoms. The van der Waals surface area contributed by atoms with Crippen LogP contribution in [0.2, 0.25) is 0 Å². The van der Waals surface area contributed by atoms with E-state index in [2.05, 4.69) is 12.2 Å². The van der Waals surface area contributed by atoms with Crippen LogP contribution >= 0.6 is 0 Å². The number of benzene rings is 1. The molecule has 1 rings (SSSR count). The number of halogens is 2. The number of hydrogen-bond acceptors (Lipinski definition) is 1. The van der Waals surface area contributed by atoms with Gasteiger partial charge in [-0.2, -0.15) is 0 Å². The predicted octanol–water partition coefficient (Wildman–Crippen LogP) is 5.14. The minimum Gasteiger partial charge on any atom is -0.352 e. The first-order valence-electron chi connectivity index (χ1n) is 8.30. The highest BCUT2D eigenvalue weighted by Gasteiger charge is 2.18. The lowest BCUT2D eigenvalue weighted by Gasteiger charge is -2.08. The van der Waals surface area contributed by atoms with Gasteiger partial charge in [0.2, 0.25) is 0 Å². The first-order valence-corrected chi connectivity index (χ1v) is 8.30.